The van der Waals surface area contributed by atoms with E-state index in [-0.39, 0.29) is 17.9 Å². The fourth-order valence-electron chi connectivity index (χ4n) is 4.64. The summed E-state index contributed by atoms with van der Waals surface area (Å²) >= 11 is 0. The highest BCUT2D eigenvalue weighted by Crippen LogP contribution is 2.33. The maximum absolute atomic E-state index is 12.3. The maximum atomic E-state index is 12.3. The Morgan fingerprint density at radius 3 is 2.78 bits per heavy atom. The number of carbonyl (C=O) groups is 1. The van der Waals surface area contributed by atoms with Crippen molar-refractivity contribution >= 4 is 39.6 Å². The first-order valence-corrected chi connectivity index (χ1v) is 12.5. The molecule has 11 heteroatoms. The van der Waals surface area contributed by atoms with Gasteiger partial charge in [-0.05, 0) is 44.9 Å². The monoisotopic (exact) mass is 502 g/mol. The molecule has 1 atom stereocenters. The van der Waals surface area contributed by atoms with E-state index in [4.69, 9.17) is 14.8 Å². The van der Waals surface area contributed by atoms with Crippen molar-refractivity contribution in [1.29, 1.82) is 0 Å². The summed E-state index contributed by atoms with van der Waals surface area (Å²) in [7, 11) is 1.81. The number of pyridine rings is 3. The van der Waals surface area contributed by atoms with Crippen molar-refractivity contribution in [1.82, 2.24) is 24.6 Å². The van der Waals surface area contributed by atoms with Crippen LogP contribution in [0.15, 0.2) is 36.8 Å². The molecule has 5 heterocycles. The Morgan fingerprint density at radius 1 is 1.19 bits per heavy atom. The van der Waals surface area contributed by atoms with E-state index in [0.29, 0.717) is 36.3 Å². The van der Waals surface area contributed by atoms with Crippen LogP contribution in [0, 0.1) is 5.92 Å². The third-order valence-electron chi connectivity index (χ3n) is 6.98. The zero-order valence-electron chi connectivity index (χ0n) is 21.1. The average Bonchev–Trinajstić information content (AvgIpc) is 3.66. The van der Waals surface area contributed by atoms with E-state index in [9.17, 15) is 9.90 Å². The Labute approximate surface area is 213 Å². The second kappa shape index (κ2) is 8.93. The number of hydrogen-bond acceptors (Lipinski definition) is 9. The molecule has 3 N–H and O–H groups in total. The molecule has 1 saturated heterocycles. The molecule has 1 aliphatic heterocycles. The van der Waals surface area contributed by atoms with Crippen LogP contribution in [0.5, 0.6) is 0 Å². The number of amides is 1. The highest BCUT2D eigenvalue weighted by molar-refractivity contribution is 6.03. The minimum Gasteiger partial charge on any atom is -0.388 e. The normalized spacial score (nSPS) is 18.4. The number of anilines is 3. The van der Waals surface area contributed by atoms with Crippen LogP contribution in [-0.4, -0.2) is 74.0 Å². The predicted molar refractivity (Wildman–Crippen MR) is 141 cm³/mol. The van der Waals surface area contributed by atoms with Crippen LogP contribution in [0.1, 0.15) is 26.7 Å². The van der Waals surface area contributed by atoms with Crippen LogP contribution in [-0.2, 0) is 9.53 Å². The van der Waals surface area contributed by atoms with Crippen LogP contribution in [0.4, 0.5) is 17.3 Å². The first-order chi connectivity index (χ1) is 17.8. The summed E-state index contributed by atoms with van der Waals surface area (Å²) in [6.45, 7) is 5.38. The summed E-state index contributed by atoms with van der Waals surface area (Å²) < 4.78 is 7.54. The number of hydrogen-bond donors (Lipinski definition) is 3. The summed E-state index contributed by atoms with van der Waals surface area (Å²) in [5.74, 6) is 1.80. The molecule has 0 bridgehead atoms. The fourth-order valence-corrected chi connectivity index (χ4v) is 4.64. The standard InChI is InChI=1S/C26H30N8O3/c1-26(2,36)20-14-33(8-9-37-20)16-6-7-22-31-24(32-34(22)13-16)19-12-29-23(27-3)18-11-28-21(10-17(18)19)30-25(35)15-4-5-15/h6-7,10-13,15,20,36H,4-5,8-9,14H2,1-3H3,(H,27,29)(H,28,30,35). The first kappa shape index (κ1) is 23.6. The van der Waals surface area contributed by atoms with E-state index in [1.54, 1.807) is 30.8 Å². The van der Waals surface area contributed by atoms with Gasteiger partial charge in [-0.2, -0.15) is 0 Å². The minimum atomic E-state index is -0.928. The molecule has 4 aromatic rings. The molecular formula is C26H30N8O3. The van der Waals surface area contributed by atoms with Crippen LogP contribution in [0.25, 0.3) is 27.8 Å². The Hall–Kier alpha value is -3.83. The van der Waals surface area contributed by atoms with Crippen molar-refractivity contribution < 1.29 is 14.6 Å². The number of rotatable bonds is 6. The molecule has 2 aliphatic rings. The van der Waals surface area contributed by atoms with E-state index in [1.807, 2.05) is 31.4 Å². The summed E-state index contributed by atoms with van der Waals surface area (Å²) in [6.07, 6.45) is 6.97. The van der Waals surface area contributed by atoms with Crippen molar-refractivity contribution in [2.24, 2.45) is 5.92 Å². The Balaban J connectivity index is 1.36. The summed E-state index contributed by atoms with van der Waals surface area (Å²) in [5.41, 5.74) is 1.50. The lowest BCUT2D eigenvalue weighted by Crippen LogP contribution is -2.52. The van der Waals surface area contributed by atoms with Crippen LogP contribution < -0.4 is 15.5 Å². The zero-order valence-corrected chi connectivity index (χ0v) is 21.1. The number of fused-ring (bicyclic) bond motifs is 2. The topological polar surface area (TPSA) is 130 Å². The van der Waals surface area contributed by atoms with Gasteiger partial charge in [-0.25, -0.2) is 19.5 Å². The van der Waals surface area contributed by atoms with Gasteiger partial charge in [-0.3, -0.25) is 4.79 Å². The van der Waals surface area contributed by atoms with E-state index in [2.05, 4.69) is 25.5 Å². The van der Waals surface area contributed by atoms with Gasteiger partial charge in [0, 0.05) is 54.8 Å². The molecule has 37 heavy (non-hydrogen) atoms. The van der Waals surface area contributed by atoms with Crippen molar-refractivity contribution in [3.8, 4) is 11.4 Å². The summed E-state index contributed by atoms with van der Waals surface area (Å²) in [5, 5.41) is 22.9. The van der Waals surface area contributed by atoms with Gasteiger partial charge >= 0.3 is 0 Å². The molecule has 0 aromatic carbocycles. The number of nitrogens with zero attached hydrogens (tertiary/aromatic N) is 6. The Kier molecular flexibility index (Phi) is 5.68. The van der Waals surface area contributed by atoms with Gasteiger partial charge in [0.2, 0.25) is 5.91 Å². The molecule has 2 fully saturated rings. The lowest BCUT2D eigenvalue weighted by Gasteiger charge is -2.39. The smallest absolute Gasteiger partial charge is 0.228 e. The second-order valence-corrected chi connectivity index (χ2v) is 10.2. The van der Waals surface area contributed by atoms with Gasteiger partial charge in [0.15, 0.2) is 11.5 Å². The van der Waals surface area contributed by atoms with Gasteiger partial charge in [-0.1, -0.05) is 0 Å². The van der Waals surface area contributed by atoms with Crippen molar-refractivity contribution in [2.45, 2.75) is 38.4 Å². The fraction of sp³-hybridized carbons (Fsp3) is 0.423. The molecule has 11 nitrogen and oxygen atoms in total. The molecule has 1 unspecified atom stereocenters. The van der Waals surface area contributed by atoms with Gasteiger partial charge in [-0.15, -0.1) is 5.10 Å². The van der Waals surface area contributed by atoms with E-state index < -0.39 is 5.60 Å². The SMILES string of the molecule is CNc1ncc(-c2nc3ccc(N4CCOC(C(C)(C)O)C4)cn3n2)c2cc(NC(=O)C3CC3)ncc12. The first-order valence-electron chi connectivity index (χ1n) is 12.5. The van der Waals surface area contributed by atoms with Crippen molar-refractivity contribution in [3.63, 3.8) is 0 Å². The molecule has 192 valence electrons. The number of ether oxygens (including phenoxy) is 1. The third-order valence-corrected chi connectivity index (χ3v) is 6.98. The summed E-state index contributed by atoms with van der Waals surface area (Å²) in [6, 6.07) is 5.80. The van der Waals surface area contributed by atoms with Crippen molar-refractivity contribution in [3.05, 3.63) is 36.8 Å². The van der Waals surface area contributed by atoms with Gasteiger partial charge in [0.1, 0.15) is 17.7 Å². The average molecular weight is 503 g/mol. The zero-order chi connectivity index (χ0) is 25.7. The number of nitrogens with one attached hydrogen (secondary N) is 2. The number of aromatic nitrogens is 5. The van der Waals surface area contributed by atoms with E-state index >= 15 is 0 Å². The van der Waals surface area contributed by atoms with Crippen LogP contribution in [0.2, 0.25) is 0 Å². The molecule has 6 rings (SSSR count). The highest BCUT2D eigenvalue weighted by Gasteiger charge is 2.33. The van der Waals surface area contributed by atoms with Crippen molar-refractivity contribution in [2.75, 3.05) is 42.3 Å². The second-order valence-electron chi connectivity index (χ2n) is 10.2. The van der Waals surface area contributed by atoms with Crippen LogP contribution in [0.3, 0.4) is 0 Å². The molecule has 1 amide bonds. The number of aliphatic hydroxyl groups is 1. The minimum absolute atomic E-state index is 0.00428. The largest absolute Gasteiger partial charge is 0.388 e. The van der Waals surface area contributed by atoms with E-state index in [1.165, 1.54) is 0 Å². The molecule has 0 spiro atoms. The van der Waals surface area contributed by atoms with Gasteiger partial charge in [0.25, 0.3) is 0 Å². The summed E-state index contributed by atoms with van der Waals surface area (Å²) in [4.78, 5) is 28.2. The molecule has 0 radical (unpaired) electrons. The lowest BCUT2D eigenvalue weighted by molar-refractivity contribution is -0.117. The highest BCUT2D eigenvalue weighted by atomic mass is 16.5. The predicted octanol–water partition coefficient (Wildman–Crippen LogP) is 2.71. The number of morpholine rings is 1. The number of carbonyl (C=O) groups excluding carboxylic acids is 1. The molecule has 4 aromatic heterocycles. The molecular weight excluding hydrogens is 472 g/mol. The van der Waals surface area contributed by atoms with Gasteiger partial charge in [0.05, 0.1) is 24.1 Å². The lowest BCUT2D eigenvalue weighted by atomic mass is 10.00. The molecule has 1 aliphatic carbocycles. The molecule has 1 saturated carbocycles. The Morgan fingerprint density at radius 2 is 2.03 bits per heavy atom. The maximum Gasteiger partial charge on any atom is 0.228 e. The van der Waals surface area contributed by atoms with Gasteiger partial charge < -0.3 is 25.4 Å². The van der Waals surface area contributed by atoms with Crippen LogP contribution >= 0.6 is 0 Å². The quantitative estimate of drug-likeness (QED) is 0.364. The Bertz CT molecular complexity index is 1490. The van der Waals surface area contributed by atoms with E-state index in [0.717, 1.165) is 41.4 Å². The third kappa shape index (κ3) is 4.56.